The van der Waals surface area contributed by atoms with E-state index in [1.807, 2.05) is 18.2 Å². The van der Waals surface area contributed by atoms with Crippen LogP contribution in [0.15, 0.2) is 42.5 Å². The zero-order chi connectivity index (χ0) is 20.0. The Morgan fingerprint density at radius 2 is 1.59 bits per heavy atom. The van der Waals surface area contributed by atoms with E-state index in [0.29, 0.717) is 5.92 Å². The maximum absolute atomic E-state index is 12.9. The second-order valence-corrected chi connectivity index (χ2v) is 9.12. The molecule has 5 rings (SSSR count). The molecule has 2 bridgehead atoms. The number of carbonyl (C=O) groups is 3. The number of hydrogen-bond acceptors (Lipinski definition) is 3. The van der Waals surface area contributed by atoms with E-state index in [4.69, 9.17) is 0 Å². The number of allylic oxidation sites excluding steroid dienone is 2. The maximum atomic E-state index is 12.9. The van der Waals surface area contributed by atoms with Crippen molar-refractivity contribution in [1.82, 2.24) is 10.2 Å². The lowest BCUT2D eigenvalue weighted by Gasteiger charge is -2.32. The Morgan fingerprint density at radius 3 is 2.21 bits per heavy atom. The highest BCUT2D eigenvalue weighted by Crippen LogP contribution is 2.52. The van der Waals surface area contributed by atoms with Gasteiger partial charge in [0.1, 0.15) is 6.54 Å². The van der Waals surface area contributed by atoms with Crippen molar-refractivity contribution < 1.29 is 14.4 Å². The van der Waals surface area contributed by atoms with E-state index in [2.05, 4.69) is 29.6 Å². The van der Waals surface area contributed by atoms with Gasteiger partial charge in [-0.25, -0.2) is 0 Å². The number of rotatable bonds is 5. The summed E-state index contributed by atoms with van der Waals surface area (Å²) in [4.78, 5) is 39.9. The fourth-order valence-electron chi connectivity index (χ4n) is 6.08. The molecule has 1 aliphatic heterocycles. The molecule has 3 fully saturated rings. The molecule has 1 aromatic carbocycles. The molecule has 3 aliphatic carbocycles. The number of amides is 3. The molecule has 5 atom stereocenters. The van der Waals surface area contributed by atoms with Crippen molar-refractivity contribution in [2.45, 2.75) is 44.6 Å². The van der Waals surface area contributed by atoms with E-state index in [1.165, 1.54) is 24.2 Å². The molecule has 1 aromatic rings. The topological polar surface area (TPSA) is 66.5 Å². The normalized spacial score (nSPS) is 31.9. The van der Waals surface area contributed by atoms with Crippen LogP contribution in [0.1, 0.15) is 50.1 Å². The second-order valence-electron chi connectivity index (χ2n) is 9.12. The van der Waals surface area contributed by atoms with Gasteiger partial charge in [-0.05, 0) is 42.6 Å². The van der Waals surface area contributed by atoms with Crippen LogP contribution in [-0.2, 0) is 14.4 Å². The Morgan fingerprint density at radius 1 is 0.966 bits per heavy atom. The van der Waals surface area contributed by atoms with Crippen molar-refractivity contribution in [1.29, 1.82) is 0 Å². The van der Waals surface area contributed by atoms with Crippen molar-refractivity contribution in [3.63, 3.8) is 0 Å². The van der Waals surface area contributed by atoms with Gasteiger partial charge >= 0.3 is 0 Å². The molecule has 4 aliphatic rings. The van der Waals surface area contributed by atoms with Crippen molar-refractivity contribution in [3.05, 3.63) is 48.0 Å². The zero-order valence-corrected chi connectivity index (χ0v) is 16.6. The monoisotopic (exact) mass is 392 g/mol. The van der Waals surface area contributed by atoms with Gasteiger partial charge in [-0.3, -0.25) is 19.3 Å². The van der Waals surface area contributed by atoms with Gasteiger partial charge in [0.2, 0.25) is 17.7 Å². The molecule has 5 heteroatoms. The largest absolute Gasteiger partial charge is 0.347 e. The summed E-state index contributed by atoms with van der Waals surface area (Å²) in [6.07, 6.45) is 10.9. The predicted octanol–water partition coefficient (Wildman–Crippen LogP) is 3.23. The third-order valence-corrected chi connectivity index (χ3v) is 7.46. The van der Waals surface area contributed by atoms with E-state index >= 15 is 0 Å². The number of fused-ring (bicyclic) bond motifs is 5. The molecule has 152 valence electrons. The van der Waals surface area contributed by atoms with Gasteiger partial charge in [-0.1, -0.05) is 61.7 Å². The minimum atomic E-state index is -0.242. The van der Waals surface area contributed by atoms with E-state index in [-0.39, 0.29) is 54.0 Å². The van der Waals surface area contributed by atoms with Crippen molar-refractivity contribution >= 4 is 17.7 Å². The Bertz CT molecular complexity index is 813. The average Bonchev–Trinajstić information content (AvgIpc) is 3.43. The number of imide groups is 1. The molecule has 1 N–H and O–H groups in total. The summed E-state index contributed by atoms with van der Waals surface area (Å²) in [5.41, 5.74) is 1.10. The summed E-state index contributed by atoms with van der Waals surface area (Å²) in [6, 6.07) is 10.0. The molecule has 0 spiro atoms. The number of nitrogens with zero attached hydrogens (tertiary/aromatic N) is 1. The number of hydrogen-bond donors (Lipinski definition) is 1. The predicted molar refractivity (Wildman–Crippen MR) is 108 cm³/mol. The Hall–Kier alpha value is -2.43. The highest BCUT2D eigenvalue weighted by Gasteiger charge is 2.59. The molecule has 1 saturated heterocycles. The molecule has 0 unspecified atom stereocenters. The molecule has 1 heterocycles. The number of benzene rings is 1. The quantitative estimate of drug-likeness (QED) is 0.618. The summed E-state index contributed by atoms with van der Waals surface area (Å²) in [6.45, 7) is -0.153. The SMILES string of the molecule is O=C(CN1C(=O)[C@H]2[C@H](C1=O)[C@H]1C=C[C@H]2C1)N[C@H](c1ccccc1)C1CCCCC1. The van der Waals surface area contributed by atoms with Gasteiger partial charge in [0.15, 0.2) is 0 Å². The number of nitrogens with one attached hydrogen (secondary N) is 1. The minimum Gasteiger partial charge on any atom is -0.347 e. The van der Waals surface area contributed by atoms with Gasteiger partial charge < -0.3 is 5.32 Å². The third kappa shape index (κ3) is 3.21. The lowest BCUT2D eigenvalue weighted by atomic mass is 9.81. The first-order valence-electron chi connectivity index (χ1n) is 11.0. The molecule has 0 radical (unpaired) electrons. The standard InChI is InChI=1S/C24H28N2O3/c27-19(14-26-23(28)20-17-11-12-18(13-17)21(20)24(26)29)25-22(15-7-3-1-4-8-15)16-9-5-2-6-10-16/h1,3-4,7-8,11-12,16-18,20-22H,2,5-6,9-10,13-14H2,(H,25,27)/t17-,18-,20+,21+,22+/m0/s1. The van der Waals surface area contributed by atoms with Gasteiger partial charge in [0.05, 0.1) is 17.9 Å². The van der Waals surface area contributed by atoms with Crippen molar-refractivity contribution in [2.24, 2.45) is 29.6 Å². The minimum absolute atomic E-state index is 0.0610. The van der Waals surface area contributed by atoms with Crippen molar-refractivity contribution in [3.8, 4) is 0 Å². The maximum Gasteiger partial charge on any atom is 0.240 e. The zero-order valence-electron chi connectivity index (χ0n) is 16.6. The third-order valence-electron chi connectivity index (χ3n) is 7.46. The molecule has 29 heavy (non-hydrogen) atoms. The highest BCUT2D eigenvalue weighted by molar-refractivity contribution is 6.08. The van der Waals surface area contributed by atoms with E-state index in [0.717, 1.165) is 24.8 Å². The lowest BCUT2D eigenvalue weighted by Crippen LogP contribution is -2.44. The van der Waals surface area contributed by atoms with Crippen LogP contribution in [0.4, 0.5) is 0 Å². The van der Waals surface area contributed by atoms with Gasteiger partial charge in [-0.2, -0.15) is 0 Å². The molecule has 3 amide bonds. The van der Waals surface area contributed by atoms with Crippen LogP contribution in [0.2, 0.25) is 0 Å². The summed E-state index contributed by atoms with van der Waals surface area (Å²) in [5, 5.41) is 3.17. The van der Waals surface area contributed by atoms with Crippen molar-refractivity contribution in [2.75, 3.05) is 6.54 Å². The fourth-order valence-corrected chi connectivity index (χ4v) is 6.08. The Balaban J connectivity index is 1.30. The van der Waals surface area contributed by atoms with E-state index < -0.39 is 0 Å². The van der Waals surface area contributed by atoms with E-state index in [9.17, 15) is 14.4 Å². The van der Waals surface area contributed by atoms with Crippen LogP contribution < -0.4 is 5.32 Å². The van der Waals surface area contributed by atoms with E-state index in [1.54, 1.807) is 0 Å². The summed E-state index contributed by atoms with van der Waals surface area (Å²) in [5.74, 6) is -0.266. The van der Waals surface area contributed by atoms with Crippen LogP contribution >= 0.6 is 0 Å². The van der Waals surface area contributed by atoms with Gasteiger partial charge in [-0.15, -0.1) is 0 Å². The summed E-state index contributed by atoms with van der Waals surface area (Å²) in [7, 11) is 0. The van der Waals surface area contributed by atoms with Crippen LogP contribution in [-0.4, -0.2) is 29.2 Å². The van der Waals surface area contributed by atoms with Crippen LogP contribution in [0.3, 0.4) is 0 Å². The molecule has 2 saturated carbocycles. The van der Waals surface area contributed by atoms with Crippen LogP contribution in [0.25, 0.3) is 0 Å². The lowest BCUT2D eigenvalue weighted by molar-refractivity contribution is -0.144. The molecule has 0 aromatic heterocycles. The van der Waals surface area contributed by atoms with Crippen LogP contribution in [0, 0.1) is 29.6 Å². The summed E-state index contributed by atoms with van der Waals surface area (Å²) < 4.78 is 0. The Labute approximate surface area is 171 Å². The second kappa shape index (κ2) is 7.43. The molecule has 5 nitrogen and oxygen atoms in total. The number of likely N-dealkylation sites (tertiary alicyclic amines) is 1. The van der Waals surface area contributed by atoms with Gasteiger partial charge in [0, 0.05) is 0 Å². The highest BCUT2D eigenvalue weighted by atomic mass is 16.2. The van der Waals surface area contributed by atoms with Crippen LogP contribution in [0.5, 0.6) is 0 Å². The smallest absolute Gasteiger partial charge is 0.240 e. The summed E-state index contributed by atoms with van der Waals surface area (Å²) >= 11 is 0. The van der Waals surface area contributed by atoms with Gasteiger partial charge in [0.25, 0.3) is 0 Å². The fraction of sp³-hybridized carbons (Fsp3) is 0.542. The first kappa shape index (κ1) is 18.6. The molecular formula is C24H28N2O3. The Kier molecular flexibility index (Phi) is 4.76. The number of carbonyl (C=O) groups excluding carboxylic acids is 3. The average molecular weight is 392 g/mol. The first-order valence-corrected chi connectivity index (χ1v) is 11.0. The molecular weight excluding hydrogens is 364 g/mol. The first-order chi connectivity index (χ1) is 14.1.